The fourth-order valence-electron chi connectivity index (χ4n) is 3.73. The largest absolute Gasteiger partial charge is 0.384 e. The SMILES string of the molecule is Cn1cccc1CCC(=O)N1CCOC[C@@](O)(CN2CCCC2)C1. The highest BCUT2D eigenvalue weighted by Gasteiger charge is 2.36. The first kappa shape index (κ1) is 17.5. The first-order valence-corrected chi connectivity index (χ1v) is 8.96. The molecular weight excluding hydrogens is 306 g/mol. The van der Waals surface area contributed by atoms with Gasteiger partial charge in [0.1, 0.15) is 5.60 Å². The van der Waals surface area contributed by atoms with E-state index in [1.165, 1.54) is 12.8 Å². The Morgan fingerprint density at radius 1 is 1.33 bits per heavy atom. The number of likely N-dealkylation sites (tertiary alicyclic amines) is 1. The van der Waals surface area contributed by atoms with E-state index in [0.29, 0.717) is 39.3 Å². The zero-order valence-electron chi connectivity index (χ0n) is 14.6. The number of hydrogen-bond acceptors (Lipinski definition) is 4. The van der Waals surface area contributed by atoms with Crippen molar-refractivity contribution in [3.63, 3.8) is 0 Å². The first-order valence-electron chi connectivity index (χ1n) is 8.96. The molecule has 24 heavy (non-hydrogen) atoms. The molecule has 2 saturated heterocycles. The third-order valence-electron chi connectivity index (χ3n) is 5.08. The van der Waals surface area contributed by atoms with E-state index in [0.717, 1.165) is 25.2 Å². The van der Waals surface area contributed by atoms with Crippen LogP contribution in [0, 0.1) is 0 Å². The number of rotatable bonds is 5. The Balaban J connectivity index is 1.57. The van der Waals surface area contributed by atoms with Crippen LogP contribution in [0.15, 0.2) is 18.3 Å². The molecule has 0 bridgehead atoms. The van der Waals surface area contributed by atoms with Gasteiger partial charge in [0.2, 0.25) is 5.91 Å². The number of nitrogens with zero attached hydrogens (tertiary/aromatic N) is 3. The van der Waals surface area contributed by atoms with E-state index in [2.05, 4.69) is 4.90 Å². The summed E-state index contributed by atoms with van der Waals surface area (Å²) in [7, 11) is 1.99. The van der Waals surface area contributed by atoms with Crippen molar-refractivity contribution >= 4 is 5.91 Å². The van der Waals surface area contributed by atoms with E-state index in [1.807, 2.05) is 29.9 Å². The standard InChI is InChI=1S/C18H29N3O3/c1-19-8-4-5-16(19)6-7-17(22)21-11-12-24-15-18(23,14-21)13-20-9-2-3-10-20/h4-5,8,23H,2-3,6-7,9-15H2,1H3/t18-/m1/s1. The smallest absolute Gasteiger partial charge is 0.223 e. The van der Waals surface area contributed by atoms with Gasteiger partial charge in [-0.15, -0.1) is 0 Å². The fourth-order valence-corrected chi connectivity index (χ4v) is 3.73. The van der Waals surface area contributed by atoms with Gasteiger partial charge in [-0.25, -0.2) is 0 Å². The molecule has 6 heteroatoms. The maximum Gasteiger partial charge on any atom is 0.223 e. The molecule has 0 saturated carbocycles. The molecule has 1 aromatic rings. The van der Waals surface area contributed by atoms with Crippen molar-refractivity contribution in [2.75, 3.05) is 45.9 Å². The predicted molar refractivity (Wildman–Crippen MR) is 91.8 cm³/mol. The van der Waals surface area contributed by atoms with Crippen LogP contribution >= 0.6 is 0 Å². The quantitative estimate of drug-likeness (QED) is 0.858. The number of aromatic nitrogens is 1. The van der Waals surface area contributed by atoms with E-state index in [-0.39, 0.29) is 5.91 Å². The van der Waals surface area contributed by atoms with Gasteiger partial charge >= 0.3 is 0 Å². The molecule has 1 atom stereocenters. The topological polar surface area (TPSA) is 57.9 Å². The van der Waals surface area contributed by atoms with Gasteiger partial charge in [0.15, 0.2) is 0 Å². The molecule has 1 aromatic heterocycles. The van der Waals surface area contributed by atoms with E-state index in [4.69, 9.17) is 4.74 Å². The molecular formula is C18H29N3O3. The van der Waals surface area contributed by atoms with Crippen molar-refractivity contribution in [2.45, 2.75) is 31.3 Å². The molecule has 0 spiro atoms. The first-order chi connectivity index (χ1) is 11.6. The summed E-state index contributed by atoms with van der Waals surface area (Å²) in [5.74, 6) is 0.0987. The fraction of sp³-hybridized carbons (Fsp3) is 0.722. The molecule has 1 N–H and O–H groups in total. The normalized spacial score (nSPS) is 25.8. The van der Waals surface area contributed by atoms with Gasteiger partial charge < -0.3 is 24.2 Å². The Morgan fingerprint density at radius 3 is 2.83 bits per heavy atom. The maximum absolute atomic E-state index is 12.6. The number of amides is 1. The molecule has 0 aliphatic carbocycles. The molecule has 2 aliphatic rings. The van der Waals surface area contributed by atoms with Gasteiger partial charge in [0, 0.05) is 38.4 Å². The number of aryl methyl sites for hydroxylation is 2. The average Bonchev–Trinajstić information content (AvgIpc) is 3.15. The Morgan fingerprint density at radius 2 is 2.12 bits per heavy atom. The van der Waals surface area contributed by atoms with Crippen LogP contribution in [0.25, 0.3) is 0 Å². The third-order valence-corrected chi connectivity index (χ3v) is 5.08. The number of β-amino-alcohol motifs (C(OH)–C–C–N with tert-alkyl or cyclic N) is 1. The molecule has 134 valence electrons. The lowest BCUT2D eigenvalue weighted by Gasteiger charge is -2.34. The van der Waals surface area contributed by atoms with Crippen LogP contribution in [-0.2, 0) is 23.0 Å². The summed E-state index contributed by atoms with van der Waals surface area (Å²) < 4.78 is 7.64. The van der Waals surface area contributed by atoms with Crippen LogP contribution in [0.4, 0.5) is 0 Å². The van der Waals surface area contributed by atoms with E-state index in [1.54, 1.807) is 4.90 Å². The molecule has 0 unspecified atom stereocenters. The molecule has 0 radical (unpaired) electrons. The lowest BCUT2D eigenvalue weighted by atomic mass is 10.0. The Labute approximate surface area is 144 Å². The molecule has 2 aliphatic heterocycles. The van der Waals surface area contributed by atoms with Crippen LogP contribution in [0.1, 0.15) is 25.0 Å². The highest BCUT2D eigenvalue weighted by molar-refractivity contribution is 5.76. The lowest BCUT2D eigenvalue weighted by molar-refractivity contribution is -0.134. The van der Waals surface area contributed by atoms with Crippen LogP contribution in [0.5, 0.6) is 0 Å². The minimum absolute atomic E-state index is 0.0987. The van der Waals surface area contributed by atoms with Crippen LogP contribution in [0.3, 0.4) is 0 Å². The molecule has 3 rings (SSSR count). The summed E-state index contributed by atoms with van der Waals surface area (Å²) in [5.41, 5.74) is 0.198. The predicted octanol–water partition coefficient (Wildman–Crippen LogP) is 0.643. The average molecular weight is 335 g/mol. The number of ether oxygens (including phenoxy) is 1. The van der Waals surface area contributed by atoms with Gasteiger partial charge in [-0.3, -0.25) is 4.79 Å². The van der Waals surface area contributed by atoms with Gasteiger partial charge in [-0.2, -0.15) is 0 Å². The summed E-state index contributed by atoms with van der Waals surface area (Å²) in [6, 6.07) is 4.04. The van der Waals surface area contributed by atoms with Gasteiger partial charge in [-0.1, -0.05) is 0 Å². The number of carbonyl (C=O) groups excluding carboxylic acids is 1. The second-order valence-electron chi connectivity index (χ2n) is 7.19. The summed E-state index contributed by atoms with van der Waals surface area (Å²) in [6.45, 7) is 4.40. The summed E-state index contributed by atoms with van der Waals surface area (Å²) >= 11 is 0. The maximum atomic E-state index is 12.6. The van der Waals surface area contributed by atoms with Crippen molar-refractivity contribution in [1.82, 2.24) is 14.4 Å². The highest BCUT2D eigenvalue weighted by Crippen LogP contribution is 2.18. The zero-order chi connectivity index (χ0) is 17.0. The number of hydrogen-bond donors (Lipinski definition) is 1. The van der Waals surface area contributed by atoms with Gasteiger partial charge in [-0.05, 0) is 44.5 Å². The minimum Gasteiger partial charge on any atom is -0.384 e. The van der Waals surface area contributed by atoms with E-state index >= 15 is 0 Å². The van der Waals surface area contributed by atoms with E-state index < -0.39 is 5.60 Å². The lowest BCUT2D eigenvalue weighted by Crippen LogP contribution is -2.53. The molecule has 2 fully saturated rings. The van der Waals surface area contributed by atoms with Gasteiger partial charge in [0.25, 0.3) is 0 Å². The summed E-state index contributed by atoms with van der Waals surface area (Å²) in [6.07, 6.45) is 5.57. The Bertz CT molecular complexity index is 553. The summed E-state index contributed by atoms with van der Waals surface area (Å²) in [5, 5.41) is 11.0. The summed E-state index contributed by atoms with van der Waals surface area (Å²) in [4.78, 5) is 16.7. The van der Waals surface area contributed by atoms with Crippen molar-refractivity contribution < 1.29 is 14.6 Å². The Kier molecular flexibility index (Phi) is 5.58. The molecule has 6 nitrogen and oxygen atoms in total. The van der Waals surface area contributed by atoms with Crippen LogP contribution in [-0.4, -0.2) is 76.9 Å². The Hall–Kier alpha value is -1.37. The monoisotopic (exact) mass is 335 g/mol. The third kappa shape index (κ3) is 4.37. The minimum atomic E-state index is -0.957. The number of carbonyl (C=O) groups is 1. The molecule has 1 amide bonds. The molecule has 3 heterocycles. The van der Waals surface area contributed by atoms with E-state index in [9.17, 15) is 9.90 Å². The van der Waals surface area contributed by atoms with Crippen LogP contribution < -0.4 is 0 Å². The second kappa shape index (κ2) is 7.68. The highest BCUT2D eigenvalue weighted by atomic mass is 16.5. The molecule has 0 aromatic carbocycles. The second-order valence-corrected chi connectivity index (χ2v) is 7.19. The van der Waals surface area contributed by atoms with Crippen molar-refractivity contribution in [1.29, 1.82) is 0 Å². The van der Waals surface area contributed by atoms with Crippen molar-refractivity contribution in [3.05, 3.63) is 24.0 Å². The van der Waals surface area contributed by atoms with Crippen molar-refractivity contribution in [3.8, 4) is 0 Å². The number of aliphatic hydroxyl groups is 1. The van der Waals surface area contributed by atoms with Crippen LogP contribution in [0.2, 0.25) is 0 Å². The van der Waals surface area contributed by atoms with Gasteiger partial charge in [0.05, 0.1) is 19.8 Å². The zero-order valence-corrected chi connectivity index (χ0v) is 14.6. The van der Waals surface area contributed by atoms with Crippen molar-refractivity contribution in [2.24, 2.45) is 7.05 Å².